The summed E-state index contributed by atoms with van der Waals surface area (Å²) in [5.74, 6) is -0.395. The molecule has 1 amide bonds. The van der Waals surface area contributed by atoms with Crippen molar-refractivity contribution in [3.05, 3.63) is 41.5 Å². The van der Waals surface area contributed by atoms with Gasteiger partial charge in [-0.3, -0.25) is 4.79 Å². The number of hydrogen-bond donors (Lipinski definition) is 0. The van der Waals surface area contributed by atoms with Crippen molar-refractivity contribution in [1.29, 1.82) is 0 Å². The van der Waals surface area contributed by atoms with Crippen LogP contribution >= 0.6 is 22.7 Å². The summed E-state index contributed by atoms with van der Waals surface area (Å²) >= 11 is 2.63. The molecule has 0 saturated carbocycles. The fourth-order valence-corrected chi connectivity index (χ4v) is 8.13. The minimum Gasteiger partial charge on any atom is -0.345 e. The van der Waals surface area contributed by atoms with Gasteiger partial charge in [-0.05, 0) is 42.5 Å². The number of piperidine rings is 1. The van der Waals surface area contributed by atoms with Crippen LogP contribution in [-0.4, -0.2) is 67.3 Å². The highest BCUT2D eigenvalue weighted by Gasteiger charge is 2.40. The lowest BCUT2D eigenvalue weighted by Gasteiger charge is -2.40. The topological polar surface area (TPSA) is 73.8 Å². The maximum atomic E-state index is 13.5. The number of piperazine rings is 1. The Labute approximate surface area is 194 Å². The zero-order valence-corrected chi connectivity index (χ0v) is 19.8. The molecule has 2 fully saturated rings. The summed E-state index contributed by atoms with van der Waals surface area (Å²) in [6, 6.07) is 7.24. The zero-order chi connectivity index (χ0) is 22.3. The van der Waals surface area contributed by atoms with Crippen molar-refractivity contribution in [1.82, 2.24) is 14.2 Å². The number of carbonyl (C=O) groups excluding carboxylic acids is 1. The third-order valence-electron chi connectivity index (χ3n) is 6.00. The Balaban J connectivity index is 1.28. The van der Waals surface area contributed by atoms with E-state index in [1.807, 2.05) is 0 Å². The smallest absolute Gasteiger partial charge is 0.253 e. The lowest BCUT2D eigenvalue weighted by molar-refractivity contribution is -0.136. The molecule has 0 spiro atoms. The minimum atomic E-state index is -3.67. The Morgan fingerprint density at radius 2 is 1.91 bits per heavy atom. The third kappa shape index (κ3) is 4.02. The van der Waals surface area contributed by atoms with E-state index in [0.29, 0.717) is 39.1 Å². The van der Waals surface area contributed by atoms with Crippen molar-refractivity contribution in [2.45, 2.75) is 29.5 Å². The van der Waals surface area contributed by atoms with Crippen LogP contribution in [0, 0.1) is 5.82 Å². The molecule has 1 atom stereocenters. The number of rotatable bonds is 4. The van der Waals surface area contributed by atoms with E-state index in [4.69, 9.17) is 0 Å². The molecule has 7 nitrogen and oxygen atoms in total. The van der Waals surface area contributed by atoms with Crippen molar-refractivity contribution < 1.29 is 17.6 Å². The van der Waals surface area contributed by atoms with Crippen LogP contribution < -0.4 is 4.90 Å². The number of nitrogens with zero attached hydrogens (tertiary/aromatic N) is 4. The molecule has 0 bridgehead atoms. The second-order valence-corrected chi connectivity index (χ2v) is 12.1. The number of benzene rings is 1. The van der Waals surface area contributed by atoms with Crippen LogP contribution in [0.4, 0.5) is 9.52 Å². The molecule has 5 rings (SSSR count). The fourth-order valence-electron chi connectivity index (χ4n) is 4.32. The van der Waals surface area contributed by atoms with E-state index in [-0.39, 0.29) is 15.9 Å². The third-order valence-corrected chi connectivity index (χ3v) is 10.4. The SMILES string of the molecule is O=C(C1CCCCN1S(=O)(=O)c1cccs1)N1CCN(c2nc3ccc(F)cc3s2)CC1. The Morgan fingerprint density at radius 1 is 1.09 bits per heavy atom. The molecule has 32 heavy (non-hydrogen) atoms. The lowest BCUT2D eigenvalue weighted by atomic mass is 10.0. The number of thiazole rings is 1. The molecular formula is C21H23FN4O3S3. The van der Waals surface area contributed by atoms with Crippen LogP contribution in [-0.2, 0) is 14.8 Å². The first-order valence-corrected chi connectivity index (χ1v) is 13.7. The molecule has 3 aromatic rings. The van der Waals surface area contributed by atoms with E-state index < -0.39 is 16.1 Å². The predicted molar refractivity (Wildman–Crippen MR) is 124 cm³/mol. The number of thiophene rings is 1. The standard InChI is InChI=1S/C21H23FN4O3S3/c22-15-6-7-16-18(14-15)31-21(23-16)25-11-9-24(10-12-25)20(27)17-4-1-2-8-26(17)32(28,29)19-5-3-13-30-19/h3,5-7,13-14,17H,1-2,4,8-12H2. The molecule has 1 unspecified atom stereocenters. The van der Waals surface area contributed by atoms with Gasteiger partial charge in [-0.2, -0.15) is 4.31 Å². The molecule has 2 aliphatic rings. The average molecular weight is 495 g/mol. The fraction of sp³-hybridized carbons (Fsp3) is 0.429. The maximum absolute atomic E-state index is 13.5. The van der Waals surface area contributed by atoms with E-state index in [1.165, 1.54) is 39.1 Å². The Bertz CT molecular complexity index is 1220. The number of amides is 1. The van der Waals surface area contributed by atoms with Gasteiger partial charge in [-0.1, -0.05) is 23.8 Å². The highest BCUT2D eigenvalue weighted by molar-refractivity contribution is 7.91. The number of hydrogen-bond acceptors (Lipinski definition) is 7. The van der Waals surface area contributed by atoms with E-state index in [2.05, 4.69) is 9.88 Å². The molecule has 0 N–H and O–H groups in total. The van der Waals surface area contributed by atoms with Gasteiger partial charge in [0.1, 0.15) is 16.1 Å². The van der Waals surface area contributed by atoms with Crippen LogP contribution in [0.3, 0.4) is 0 Å². The summed E-state index contributed by atoms with van der Waals surface area (Å²) in [7, 11) is -3.67. The quantitative estimate of drug-likeness (QED) is 0.556. The van der Waals surface area contributed by atoms with Gasteiger partial charge >= 0.3 is 0 Å². The number of anilines is 1. The number of fused-ring (bicyclic) bond motifs is 1. The number of aromatic nitrogens is 1. The van der Waals surface area contributed by atoms with Crippen molar-refractivity contribution in [3.8, 4) is 0 Å². The lowest BCUT2D eigenvalue weighted by Crippen LogP contribution is -2.57. The van der Waals surface area contributed by atoms with Crippen LogP contribution in [0.1, 0.15) is 19.3 Å². The molecular weight excluding hydrogens is 471 g/mol. The molecule has 0 radical (unpaired) electrons. The zero-order valence-electron chi connectivity index (χ0n) is 17.3. The van der Waals surface area contributed by atoms with Crippen LogP contribution in [0.25, 0.3) is 10.2 Å². The predicted octanol–water partition coefficient (Wildman–Crippen LogP) is 3.39. The first-order valence-electron chi connectivity index (χ1n) is 10.6. The average Bonchev–Trinajstić information content (AvgIpc) is 3.49. The van der Waals surface area contributed by atoms with Crippen LogP contribution in [0.2, 0.25) is 0 Å². The van der Waals surface area contributed by atoms with Gasteiger partial charge in [0.2, 0.25) is 5.91 Å². The highest BCUT2D eigenvalue weighted by Crippen LogP contribution is 2.31. The maximum Gasteiger partial charge on any atom is 0.253 e. The van der Waals surface area contributed by atoms with Crippen LogP contribution in [0.15, 0.2) is 39.9 Å². The molecule has 170 valence electrons. The first-order chi connectivity index (χ1) is 15.4. The summed E-state index contributed by atoms with van der Waals surface area (Å²) < 4.78 is 42.2. The molecule has 1 aromatic carbocycles. The van der Waals surface area contributed by atoms with Gasteiger partial charge in [0.05, 0.1) is 10.2 Å². The van der Waals surface area contributed by atoms with E-state index >= 15 is 0 Å². The summed E-state index contributed by atoms with van der Waals surface area (Å²) in [5.41, 5.74) is 0.765. The summed E-state index contributed by atoms with van der Waals surface area (Å²) in [6.07, 6.45) is 2.16. The summed E-state index contributed by atoms with van der Waals surface area (Å²) in [4.78, 5) is 21.8. The highest BCUT2D eigenvalue weighted by atomic mass is 32.2. The van der Waals surface area contributed by atoms with Gasteiger partial charge < -0.3 is 9.80 Å². The number of sulfonamides is 1. The summed E-state index contributed by atoms with van der Waals surface area (Å²) in [5, 5.41) is 2.56. The monoisotopic (exact) mass is 494 g/mol. The van der Waals surface area contributed by atoms with Crippen LogP contribution in [0.5, 0.6) is 0 Å². The van der Waals surface area contributed by atoms with Crippen molar-refractivity contribution in [3.63, 3.8) is 0 Å². The largest absolute Gasteiger partial charge is 0.345 e. The molecule has 4 heterocycles. The van der Waals surface area contributed by atoms with Crippen molar-refractivity contribution in [2.75, 3.05) is 37.6 Å². The normalized spacial score (nSPS) is 20.7. The molecule has 2 saturated heterocycles. The van der Waals surface area contributed by atoms with E-state index in [0.717, 1.165) is 28.2 Å². The van der Waals surface area contributed by atoms with Crippen molar-refractivity contribution >= 4 is 54.0 Å². The second kappa shape index (κ2) is 8.69. The minimum absolute atomic E-state index is 0.115. The van der Waals surface area contributed by atoms with Gasteiger partial charge in [-0.15, -0.1) is 11.3 Å². The van der Waals surface area contributed by atoms with Gasteiger partial charge in [0.25, 0.3) is 10.0 Å². The van der Waals surface area contributed by atoms with Gasteiger partial charge in [0, 0.05) is 32.7 Å². The number of halogens is 1. The summed E-state index contributed by atoms with van der Waals surface area (Å²) in [6.45, 7) is 2.61. The molecule has 11 heteroatoms. The Hall–Kier alpha value is -2.08. The molecule has 2 aliphatic heterocycles. The van der Waals surface area contributed by atoms with E-state index in [9.17, 15) is 17.6 Å². The Kier molecular flexibility index (Phi) is 5.91. The molecule has 2 aromatic heterocycles. The Morgan fingerprint density at radius 3 is 2.66 bits per heavy atom. The van der Waals surface area contributed by atoms with Crippen molar-refractivity contribution in [2.24, 2.45) is 0 Å². The van der Waals surface area contributed by atoms with Gasteiger partial charge in [-0.25, -0.2) is 17.8 Å². The molecule has 0 aliphatic carbocycles. The number of carbonyl (C=O) groups is 1. The first kappa shape index (κ1) is 21.7. The van der Waals surface area contributed by atoms with E-state index in [1.54, 1.807) is 28.5 Å². The van der Waals surface area contributed by atoms with Gasteiger partial charge in [0.15, 0.2) is 5.13 Å². The second-order valence-electron chi connectivity index (χ2n) is 7.98.